The van der Waals surface area contributed by atoms with Gasteiger partial charge in [-0.05, 0) is 61.7 Å². The Bertz CT molecular complexity index is 315. The van der Waals surface area contributed by atoms with Crippen molar-refractivity contribution in [1.29, 1.82) is 0 Å². The number of hydrogen-bond acceptors (Lipinski definition) is 3. The molecule has 1 unspecified atom stereocenters. The summed E-state index contributed by atoms with van der Waals surface area (Å²) >= 11 is 1.78. The first-order chi connectivity index (χ1) is 8.24. The number of nitrogens with two attached hydrogens (primary N) is 1. The predicted molar refractivity (Wildman–Crippen MR) is 75.5 cm³/mol. The van der Waals surface area contributed by atoms with Gasteiger partial charge in [0, 0.05) is 12.1 Å². The van der Waals surface area contributed by atoms with E-state index in [-0.39, 0.29) is 5.54 Å². The summed E-state index contributed by atoms with van der Waals surface area (Å²) in [6.07, 6.45) is 6.52. The molecule has 2 rings (SSSR count). The van der Waals surface area contributed by atoms with E-state index in [1.54, 1.807) is 11.3 Å². The number of nitrogens with zero attached hydrogens (tertiary/aromatic N) is 1. The van der Waals surface area contributed by atoms with Crippen LogP contribution in [0.3, 0.4) is 0 Å². The summed E-state index contributed by atoms with van der Waals surface area (Å²) in [5.41, 5.74) is 7.65. The van der Waals surface area contributed by atoms with E-state index >= 15 is 0 Å². The van der Waals surface area contributed by atoms with Crippen LogP contribution >= 0.6 is 11.3 Å². The second-order valence-electron chi connectivity index (χ2n) is 5.41. The maximum atomic E-state index is 6.07. The minimum Gasteiger partial charge on any atom is -0.329 e. The highest BCUT2D eigenvalue weighted by molar-refractivity contribution is 7.07. The van der Waals surface area contributed by atoms with Gasteiger partial charge in [-0.2, -0.15) is 11.3 Å². The second kappa shape index (κ2) is 5.98. The molecule has 2 N–H and O–H groups in total. The second-order valence-corrected chi connectivity index (χ2v) is 6.19. The Balaban J connectivity index is 2.06. The van der Waals surface area contributed by atoms with Crippen LogP contribution in [0.5, 0.6) is 0 Å². The standard InChI is InChI=1S/C14H24N2S/c1-14(12-15,10-13-6-9-17-11-13)16-7-4-2-3-5-8-16/h6,9,11H,2-5,7-8,10,12,15H2,1H3. The van der Waals surface area contributed by atoms with Crippen molar-refractivity contribution in [1.82, 2.24) is 4.90 Å². The normalized spacial score (nSPS) is 22.0. The smallest absolute Gasteiger partial charge is 0.0344 e. The Morgan fingerprint density at radius 1 is 1.29 bits per heavy atom. The van der Waals surface area contributed by atoms with Crippen molar-refractivity contribution in [3.8, 4) is 0 Å². The molecule has 17 heavy (non-hydrogen) atoms. The van der Waals surface area contributed by atoms with Crippen LogP contribution in [0.1, 0.15) is 38.2 Å². The molecule has 0 spiro atoms. The fraction of sp³-hybridized carbons (Fsp3) is 0.714. The molecule has 0 aromatic carbocycles. The van der Waals surface area contributed by atoms with Crippen LogP contribution in [-0.4, -0.2) is 30.1 Å². The molecule has 2 heterocycles. The summed E-state index contributed by atoms with van der Waals surface area (Å²) in [5, 5.41) is 4.42. The van der Waals surface area contributed by atoms with Crippen molar-refractivity contribution < 1.29 is 0 Å². The number of hydrogen-bond donors (Lipinski definition) is 1. The molecule has 1 aromatic heterocycles. The van der Waals surface area contributed by atoms with E-state index in [0.717, 1.165) is 13.0 Å². The zero-order chi connectivity index (χ0) is 12.1. The Kier molecular flexibility index (Phi) is 4.60. The van der Waals surface area contributed by atoms with Crippen LogP contribution in [0.15, 0.2) is 16.8 Å². The Hall–Kier alpha value is -0.380. The topological polar surface area (TPSA) is 29.3 Å². The van der Waals surface area contributed by atoms with Crippen LogP contribution in [0.4, 0.5) is 0 Å². The van der Waals surface area contributed by atoms with E-state index in [9.17, 15) is 0 Å². The molecule has 3 heteroatoms. The Morgan fingerprint density at radius 2 is 2.00 bits per heavy atom. The van der Waals surface area contributed by atoms with Crippen molar-refractivity contribution in [2.24, 2.45) is 5.73 Å². The summed E-state index contributed by atoms with van der Waals surface area (Å²) in [6, 6.07) is 2.23. The average Bonchev–Trinajstić information content (AvgIpc) is 2.68. The monoisotopic (exact) mass is 252 g/mol. The van der Waals surface area contributed by atoms with Crippen LogP contribution in [0, 0.1) is 0 Å². The van der Waals surface area contributed by atoms with E-state index in [4.69, 9.17) is 5.73 Å². The van der Waals surface area contributed by atoms with Gasteiger partial charge in [0.15, 0.2) is 0 Å². The molecule has 1 aliphatic rings. The van der Waals surface area contributed by atoms with Gasteiger partial charge in [0.25, 0.3) is 0 Å². The number of likely N-dealkylation sites (tertiary alicyclic amines) is 1. The molecule has 0 amide bonds. The molecule has 1 saturated heterocycles. The highest BCUT2D eigenvalue weighted by Crippen LogP contribution is 2.24. The van der Waals surface area contributed by atoms with Gasteiger partial charge in [0.2, 0.25) is 0 Å². The first kappa shape index (κ1) is 13.1. The van der Waals surface area contributed by atoms with Crippen LogP contribution in [0.25, 0.3) is 0 Å². The molecule has 1 fully saturated rings. The van der Waals surface area contributed by atoms with Crippen molar-refractivity contribution >= 4 is 11.3 Å². The van der Waals surface area contributed by atoms with Gasteiger partial charge in [-0.15, -0.1) is 0 Å². The summed E-state index contributed by atoms with van der Waals surface area (Å²) in [4.78, 5) is 2.62. The minimum atomic E-state index is 0.144. The van der Waals surface area contributed by atoms with Crippen LogP contribution in [0.2, 0.25) is 0 Å². The van der Waals surface area contributed by atoms with Gasteiger partial charge < -0.3 is 5.73 Å². The first-order valence-electron chi connectivity index (χ1n) is 6.71. The van der Waals surface area contributed by atoms with Gasteiger partial charge >= 0.3 is 0 Å². The molecule has 0 saturated carbocycles. The fourth-order valence-electron chi connectivity index (χ4n) is 2.76. The highest BCUT2D eigenvalue weighted by Gasteiger charge is 2.30. The van der Waals surface area contributed by atoms with Gasteiger partial charge in [-0.3, -0.25) is 4.90 Å². The zero-order valence-corrected chi connectivity index (χ0v) is 11.6. The summed E-state index contributed by atoms with van der Waals surface area (Å²) in [5.74, 6) is 0. The number of rotatable bonds is 4. The third-order valence-corrected chi connectivity index (χ3v) is 4.71. The maximum Gasteiger partial charge on any atom is 0.0344 e. The van der Waals surface area contributed by atoms with Crippen LogP contribution in [-0.2, 0) is 6.42 Å². The molecule has 1 aromatic rings. The van der Waals surface area contributed by atoms with Crippen molar-refractivity contribution in [2.75, 3.05) is 19.6 Å². The lowest BCUT2D eigenvalue weighted by molar-refractivity contribution is 0.115. The largest absolute Gasteiger partial charge is 0.329 e. The lowest BCUT2D eigenvalue weighted by Crippen LogP contribution is -2.53. The van der Waals surface area contributed by atoms with Crippen molar-refractivity contribution in [3.05, 3.63) is 22.4 Å². The van der Waals surface area contributed by atoms with Gasteiger partial charge in [0.05, 0.1) is 0 Å². The maximum absolute atomic E-state index is 6.07. The lowest BCUT2D eigenvalue weighted by atomic mass is 9.92. The Morgan fingerprint density at radius 3 is 2.53 bits per heavy atom. The summed E-state index contributed by atoms with van der Waals surface area (Å²) in [6.45, 7) is 5.52. The van der Waals surface area contributed by atoms with Gasteiger partial charge in [-0.1, -0.05) is 12.8 Å². The molecule has 96 valence electrons. The fourth-order valence-corrected chi connectivity index (χ4v) is 3.43. The highest BCUT2D eigenvalue weighted by atomic mass is 32.1. The molecule has 0 bridgehead atoms. The third-order valence-electron chi connectivity index (χ3n) is 3.97. The Labute approximate surface area is 109 Å². The van der Waals surface area contributed by atoms with E-state index in [0.29, 0.717) is 0 Å². The van der Waals surface area contributed by atoms with Crippen LogP contribution < -0.4 is 5.73 Å². The zero-order valence-electron chi connectivity index (χ0n) is 10.8. The van der Waals surface area contributed by atoms with E-state index in [2.05, 4.69) is 28.7 Å². The molecule has 1 atom stereocenters. The molecule has 0 aliphatic carbocycles. The summed E-state index contributed by atoms with van der Waals surface area (Å²) in [7, 11) is 0. The van der Waals surface area contributed by atoms with Gasteiger partial charge in [0.1, 0.15) is 0 Å². The quantitative estimate of drug-likeness (QED) is 0.893. The lowest BCUT2D eigenvalue weighted by Gasteiger charge is -2.40. The minimum absolute atomic E-state index is 0.144. The van der Waals surface area contributed by atoms with Crippen molar-refractivity contribution in [2.45, 2.75) is 44.6 Å². The predicted octanol–water partition coefficient (Wildman–Crippen LogP) is 2.88. The van der Waals surface area contributed by atoms with Crippen molar-refractivity contribution in [3.63, 3.8) is 0 Å². The molecule has 0 radical (unpaired) electrons. The average molecular weight is 252 g/mol. The molecule has 2 nitrogen and oxygen atoms in total. The van der Waals surface area contributed by atoms with E-state index in [1.165, 1.54) is 44.3 Å². The molecular weight excluding hydrogens is 228 g/mol. The SMILES string of the molecule is CC(CN)(Cc1ccsc1)N1CCCCCC1. The number of thiophene rings is 1. The molecular formula is C14H24N2S. The van der Waals surface area contributed by atoms with E-state index < -0.39 is 0 Å². The van der Waals surface area contributed by atoms with E-state index in [1.807, 2.05) is 0 Å². The first-order valence-corrected chi connectivity index (χ1v) is 7.65. The third kappa shape index (κ3) is 3.30. The molecule has 1 aliphatic heterocycles. The summed E-state index contributed by atoms with van der Waals surface area (Å²) < 4.78 is 0. The van der Waals surface area contributed by atoms with Gasteiger partial charge in [-0.25, -0.2) is 0 Å².